The topological polar surface area (TPSA) is 63.4 Å². The fraction of sp³-hybridized carbons (Fsp3) is 0.455. The third-order valence-corrected chi connectivity index (χ3v) is 5.64. The van der Waals surface area contributed by atoms with Crippen molar-refractivity contribution in [3.05, 3.63) is 24.3 Å². The first kappa shape index (κ1) is 17.7. The predicted molar refractivity (Wildman–Crippen MR) is 78.9 cm³/mol. The molecule has 0 amide bonds. The fourth-order valence-corrected chi connectivity index (χ4v) is 3.87. The zero-order valence-electron chi connectivity index (χ0n) is 10.7. The second-order valence-electron chi connectivity index (χ2n) is 3.76. The molecule has 104 valence electrons. The molecule has 0 aliphatic rings. The van der Waals surface area contributed by atoms with E-state index in [1.165, 1.54) is 16.1 Å². The van der Waals surface area contributed by atoms with Crippen LogP contribution >= 0.6 is 24.2 Å². The monoisotopic (exact) mass is 310 g/mol. The molecule has 0 saturated carbocycles. The Morgan fingerprint density at radius 2 is 1.94 bits per heavy atom. The lowest BCUT2D eigenvalue weighted by atomic mass is 10.4. The molecule has 0 heterocycles. The minimum absolute atomic E-state index is 0. The van der Waals surface area contributed by atoms with Crippen molar-refractivity contribution in [1.82, 2.24) is 4.31 Å². The summed E-state index contributed by atoms with van der Waals surface area (Å²) in [6.45, 7) is 2.09. The molecule has 1 atom stereocenters. The first-order chi connectivity index (χ1) is 7.95. The average Bonchev–Trinajstić information content (AvgIpc) is 2.36. The molecule has 4 nitrogen and oxygen atoms in total. The minimum Gasteiger partial charge on any atom is -0.329 e. The zero-order valence-corrected chi connectivity index (χ0v) is 13.1. The van der Waals surface area contributed by atoms with Gasteiger partial charge in [0, 0.05) is 24.5 Å². The lowest BCUT2D eigenvalue weighted by Crippen LogP contribution is -2.39. The van der Waals surface area contributed by atoms with Gasteiger partial charge in [-0.15, -0.1) is 24.2 Å². The number of nitrogens with two attached hydrogens (primary N) is 1. The number of nitrogens with zero attached hydrogens (tertiary/aromatic N) is 1. The van der Waals surface area contributed by atoms with E-state index in [9.17, 15) is 8.42 Å². The van der Waals surface area contributed by atoms with E-state index >= 15 is 0 Å². The van der Waals surface area contributed by atoms with Crippen LogP contribution in [0.4, 0.5) is 0 Å². The number of likely N-dealkylation sites (N-methyl/N-ethyl adjacent to an activating group) is 1. The molecule has 1 aromatic rings. The summed E-state index contributed by atoms with van der Waals surface area (Å²) in [5.41, 5.74) is 5.51. The van der Waals surface area contributed by atoms with Crippen molar-refractivity contribution in [2.24, 2.45) is 5.73 Å². The van der Waals surface area contributed by atoms with Crippen molar-refractivity contribution in [1.29, 1.82) is 0 Å². The molecular formula is C11H19ClN2O2S2. The van der Waals surface area contributed by atoms with Crippen LogP contribution in [0.15, 0.2) is 34.1 Å². The van der Waals surface area contributed by atoms with Crippen molar-refractivity contribution in [2.45, 2.75) is 22.8 Å². The van der Waals surface area contributed by atoms with Crippen LogP contribution in [0.3, 0.4) is 0 Å². The molecule has 1 aromatic carbocycles. The van der Waals surface area contributed by atoms with E-state index in [1.54, 1.807) is 32.2 Å². The third kappa shape index (κ3) is 3.61. The Labute approximate surface area is 119 Å². The first-order valence-corrected chi connectivity index (χ1v) is 7.92. The molecule has 0 aromatic heterocycles. The van der Waals surface area contributed by atoms with Crippen LogP contribution in [0, 0.1) is 0 Å². The summed E-state index contributed by atoms with van der Waals surface area (Å²) in [7, 11) is -1.90. The minimum atomic E-state index is -3.46. The molecular weight excluding hydrogens is 292 g/mol. The van der Waals surface area contributed by atoms with Crippen LogP contribution in [0.2, 0.25) is 0 Å². The Morgan fingerprint density at radius 1 is 1.39 bits per heavy atom. The van der Waals surface area contributed by atoms with Gasteiger partial charge in [-0.3, -0.25) is 0 Å². The molecule has 0 aliphatic carbocycles. The third-order valence-electron chi connectivity index (χ3n) is 2.69. The zero-order chi connectivity index (χ0) is 13.1. The molecule has 18 heavy (non-hydrogen) atoms. The van der Waals surface area contributed by atoms with Gasteiger partial charge in [-0.05, 0) is 25.3 Å². The summed E-state index contributed by atoms with van der Waals surface area (Å²) in [4.78, 5) is 1.10. The number of benzene rings is 1. The number of rotatable bonds is 5. The number of sulfonamides is 1. The standard InChI is InChI=1S/C11H18N2O2S2.ClH/c1-9(8-12)13(2)17(14,15)11-7-5-4-6-10(11)16-3;/h4-7,9H,8,12H2,1-3H3;1H. The summed E-state index contributed by atoms with van der Waals surface area (Å²) in [6, 6.07) is 6.78. The molecule has 2 N–H and O–H groups in total. The molecule has 0 fully saturated rings. The maximum absolute atomic E-state index is 12.4. The molecule has 0 spiro atoms. The summed E-state index contributed by atoms with van der Waals surface area (Å²) in [5, 5.41) is 0. The lowest BCUT2D eigenvalue weighted by molar-refractivity contribution is 0.393. The SMILES string of the molecule is CSc1ccccc1S(=O)(=O)N(C)C(C)CN.Cl. The molecule has 1 rings (SSSR count). The molecule has 1 unspecified atom stereocenters. The highest BCUT2D eigenvalue weighted by atomic mass is 35.5. The summed E-state index contributed by atoms with van der Waals surface area (Å²) in [6.07, 6.45) is 1.86. The molecule has 0 saturated heterocycles. The van der Waals surface area contributed by atoms with Gasteiger partial charge in [0.15, 0.2) is 0 Å². The van der Waals surface area contributed by atoms with Gasteiger partial charge in [-0.2, -0.15) is 4.31 Å². The Morgan fingerprint density at radius 3 is 2.44 bits per heavy atom. The van der Waals surface area contributed by atoms with E-state index < -0.39 is 10.0 Å². The van der Waals surface area contributed by atoms with Crippen molar-refractivity contribution in [2.75, 3.05) is 19.8 Å². The number of halogens is 1. The smallest absolute Gasteiger partial charge is 0.244 e. The van der Waals surface area contributed by atoms with E-state index in [0.29, 0.717) is 11.4 Å². The summed E-state index contributed by atoms with van der Waals surface area (Å²) >= 11 is 1.42. The van der Waals surface area contributed by atoms with Crippen LogP contribution in [0.1, 0.15) is 6.92 Å². The van der Waals surface area contributed by atoms with E-state index in [1.807, 2.05) is 12.3 Å². The van der Waals surface area contributed by atoms with Crippen molar-refractivity contribution in [3.63, 3.8) is 0 Å². The highest BCUT2D eigenvalue weighted by molar-refractivity contribution is 7.99. The molecule has 0 radical (unpaired) electrons. The Kier molecular flexibility index (Phi) is 7.24. The summed E-state index contributed by atoms with van der Waals surface area (Å²) < 4.78 is 26.1. The van der Waals surface area contributed by atoms with E-state index in [-0.39, 0.29) is 18.4 Å². The van der Waals surface area contributed by atoms with Crippen molar-refractivity contribution in [3.8, 4) is 0 Å². The largest absolute Gasteiger partial charge is 0.329 e. The van der Waals surface area contributed by atoms with Gasteiger partial charge in [-0.25, -0.2) is 8.42 Å². The van der Waals surface area contributed by atoms with E-state index in [0.717, 1.165) is 4.90 Å². The van der Waals surface area contributed by atoms with Crippen LogP contribution in [0.25, 0.3) is 0 Å². The van der Waals surface area contributed by atoms with Crippen molar-refractivity contribution >= 4 is 34.2 Å². The lowest BCUT2D eigenvalue weighted by Gasteiger charge is -2.23. The van der Waals surface area contributed by atoms with Gasteiger partial charge in [0.2, 0.25) is 10.0 Å². The number of thioether (sulfide) groups is 1. The van der Waals surface area contributed by atoms with Gasteiger partial charge < -0.3 is 5.73 Å². The van der Waals surface area contributed by atoms with Crippen LogP contribution in [-0.2, 0) is 10.0 Å². The van der Waals surface area contributed by atoms with Crippen LogP contribution in [-0.4, -0.2) is 38.6 Å². The maximum atomic E-state index is 12.4. The maximum Gasteiger partial charge on any atom is 0.244 e. The quantitative estimate of drug-likeness (QED) is 0.842. The van der Waals surface area contributed by atoms with Crippen LogP contribution < -0.4 is 5.73 Å². The van der Waals surface area contributed by atoms with Gasteiger partial charge in [-0.1, -0.05) is 12.1 Å². The molecule has 0 bridgehead atoms. The number of hydrogen-bond donors (Lipinski definition) is 1. The fourth-order valence-electron chi connectivity index (χ4n) is 1.37. The van der Waals surface area contributed by atoms with Gasteiger partial charge in [0.1, 0.15) is 0 Å². The van der Waals surface area contributed by atoms with E-state index in [4.69, 9.17) is 5.73 Å². The first-order valence-electron chi connectivity index (χ1n) is 5.26. The summed E-state index contributed by atoms with van der Waals surface area (Å²) in [5.74, 6) is 0. The second kappa shape index (κ2) is 7.35. The number of hydrogen-bond acceptors (Lipinski definition) is 4. The molecule has 0 aliphatic heterocycles. The van der Waals surface area contributed by atoms with Crippen LogP contribution in [0.5, 0.6) is 0 Å². The highest BCUT2D eigenvalue weighted by Gasteiger charge is 2.26. The Bertz CT molecular complexity index is 480. The average molecular weight is 311 g/mol. The van der Waals surface area contributed by atoms with Gasteiger partial charge in [0.05, 0.1) is 4.90 Å². The highest BCUT2D eigenvalue weighted by Crippen LogP contribution is 2.27. The van der Waals surface area contributed by atoms with E-state index in [2.05, 4.69) is 0 Å². The van der Waals surface area contributed by atoms with Gasteiger partial charge in [0.25, 0.3) is 0 Å². The Hall–Kier alpha value is -0.270. The van der Waals surface area contributed by atoms with Gasteiger partial charge >= 0.3 is 0 Å². The predicted octanol–water partition coefficient (Wildman–Crippen LogP) is 1.80. The van der Waals surface area contributed by atoms with Crippen molar-refractivity contribution < 1.29 is 8.42 Å². The Balaban J connectivity index is 0.00000289. The second-order valence-corrected chi connectivity index (χ2v) is 6.57. The molecule has 7 heteroatoms. The normalized spacial score (nSPS) is 13.2.